The summed E-state index contributed by atoms with van der Waals surface area (Å²) in [5.74, 6) is -1.15. The third kappa shape index (κ3) is 2.27. The van der Waals surface area contributed by atoms with Crippen molar-refractivity contribution in [2.24, 2.45) is 0 Å². The van der Waals surface area contributed by atoms with Crippen LogP contribution < -0.4 is 0 Å². The van der Waals surface area contributed by atoms with E-state index in [4.69, 9.17) is 0 Å². The molecule has 0 unspecified atom stereocenters. The van der Waals surface area contributed by atoms with Crippen LogP contribution in [0.5, 0.6) is 0 Å². The normalized spacial score (nSPS) is 14.6. The van der Waals surface area contributed by atoms with E-state index >= 15 is 0 Å². The first-order valence-electron chi connectivity index (χ1n) is 5.76. The fraction of sp³-hybridized carbons (Fsp3) is 0.214. The Labute approximate surface area is 110 Å². The zero-order valence-corrected chi connectivity index (χ0v) is 10.7. The molecular formula is C14H13NO4. The van der Waals surface area contributed by atoms with Gasteiger partial charge in [0.15, 0.2) is 0 Å². The van der Waals surface area contributed by atoms with Crippen molar-refractivity contribution < 1.29 is 19.1 Å². The molecule has 0 fully saturated rings. The first-order valence-corrected chi connectivity index (χ1v) is 5.76. The molecule has 0 spiro atoms. The van der Waals surface area contributed by atoms with E-state index in [-0.39, 0.29) is 18.4 Å². The second-order valence-corrected chi connectivity index (χ2v) is 4.15. The molecule has 0 aromatic heterocycles. The highest BCUT2D eigenvalue weighted by Gasteiger charge is 2.34. The van der Waals surface area contributed by atoms with E-state index in [1.54, 1.807) is 31.2 Å². The number of esters is 1. The molecule has 0 bridgehead atoms. The van der Waals surface area contributed by atoms with Crippen LogP contribution in [-0.2, 0) is 9.53 Å². The van der Waals surface area contributed by atoms with Gasteiger partial charge in [0, 0.05) is 12.1 Å². The van der Waals surface area contributed by atoms with Crippen molar-refractivity contribution in [3.8, 4) is 0 Å². The molecule has 0 radical (unpaired) electrons. The van der Waals surface area contributed by atoms with Crippen molar-refractivity contribution in [1.82, 2.24) is 4.90 Å². The van der Waals surface area contributed by atoms with Crippen LogP contribution in [0.4, 0.5) is 0 Å². The number of methoxy groups -OCH3 is 1. The summed E-state index contributed by atoms with van der Waals surface area (Å²) in [4.78, 5) is 36.4. The van der Waals surface area contributed by atoms with Gasteiger partial charge >= 0.3 is 5.97 Å². The lowest BCUT2D eigenvalue weighted by molar-refractivity contribution is -0.136. The van der Waals surface area contributed by atoms with Gasteiger partial charge in [-0.15, -0.1) is 0 Å². The highest BCUT2D eigenvalue weighted by atomic mass is 16.5. The summed E-state index contributed by atoms with van der Waals surface area (Å²) in [5, 5.41) is 0. The van der Waals surface area contributed by atoms with Crippen LogP contribution in [-0.4, -0.2) is 36.3 Å². The molecule has 1 heterocycles. The number of hydrogen-bond acceptors (Lipinski definition) is 4. The summed E-state index contributed by atoms with van der Waals surface area (Å²) in [6.07, 6.45) is 1.51. The molecule has 0 N–H and O–H groups in total. The fourth-order valence-corrected chi connectivity index (χ4v) is 1.88. The van der Waals surface area contributed by atoms with E-state index < -0.39 is 5.97 Å². The zero-order valence-electron chi connectivity index (χ0n) is 10.7. The van der Waals surface area contributed by atoms with Gasteiger partial charge in [0.1, 0.15) is 0 Å². The first-order chi connectivity index (χ1) is 9.06. The standard InChI is InChI=1S/C14H13NO4/c1-9(14(18)19-2)7-8-15-12(16)10-5-3-4-6-11(10)13(15)17/h3-7H,8H2,1-2H3/b9-7+. The van der Waals surface area contributed by atoms with Crippen LogP contribution in [0.25, 0.3) is 0 Å². The molecule has 19 heavy (non-hydrogen) atoms. The van der Waals surface area contributed by atoms with Crippen LogP contribution in [0.2, 0.25) is 0 Å². The lowest BCUT2D eigenvalue weighted by atomic mass is 10.1. The largest absolute Gasteiger partial charge is 0.466 e. The van der Waals surface area contributed by atoms with Gasteiger partial charge in [0.05, 0.1) is 18.2 Å². The van der Waals surface area contributed by atoms with E-state index in [2.05, 4.69) is 4.74 Å². The first kappa shape index (κ1) is 13.0. The molecule has 2 amide bonds. The summed E-state index contributed by atoms with van der Waals surface area (Å²) >= 11 is 0. The van der Waals surface area contributed by atoms with Crippen LogP contribution in [0.3, 0.4) is 0 Å². The smallest absolute Gasteiger partial charge is 0.333 e. The predicted molar refractivity (Wildman–Crippen MR) is 67.6 cm³/mol. The van der Waals surface area contributed by atoms with Crippen LogP contribution >= 0.6 is 0 Å². The Hall–Kier alpha value is -2.43. The zero-order chi connectivity index (χ0) is 14.0. The van der Waals surface area contributed by atoms with Crippen molar-refractivity contribution in [1.29, 1.82) is 0 Å². The van der Waals surface area contributed by atoms with Gasteiger partial charge < -0.3 is 4.74 Å². The number of benzene rings is 1. The Morgan fingerprint density at radius 1 is 1.21 bits per heavy atom. The molecule has 0 saturated heterocycles. The maximum atomic E-state index is 12.0. The number of rotatable bonds is 3. The van der Waals surface area contributed by atoms with Crippen molar-refractivity contribution in [3.05, 3.63) is 47.0 Å². The quantitative estimate of drug-likeness (QED) is 0.467. The Kier molecular flexibility index (Phi) is 3.46. The summed E-state index contributed by atoms with van der Waals surface area (Å²) in [5.41, 5.74) is 1.16. The third-order valence-electron chi connectivity index (χ3n) is 2.97. The molecule has 2 rings (SSSR count). The number of amides is 2. The van der Waals surface area contributed by atoms with Gasteiger partial charge in [-0.05, 0) is 19.1 Å². The van der Waals surface area contributed by atoms with Crippen LogP contribution in [0.15, 0.2) is 35.9 Å². The molecule has 1 aromatic carbocycles. The number of carbonyl (C=O) groups excluding carboxylic acids is 3. The minimum absolute atomic E-state index is 0.0628. The minimum atomic E-state index is -0.475. The van der Waals surface area contributed by atoms with Crippen LogP contribution in [0, 0.1) is 0 Å². The average Bonchev–Trinajstić information content (AvgIpc) is 2.68. The Balaban J connectivity index is 2.19. The lowest BCUT2D eigenvalue weighted by Gasteiger charge is -2.11. The molecule has 0 saturated carbocycles. The minimum Gasteiger partial charge on any atom is -0.466 e. The number of carbonyl (C=O) groups is 3. The van der Waals surface area contributed by atoms with Crippen molar-refractivity contribution >= 4 is 17.8 Å². The van der Waals surface area contributed by atoms with E-state index in [0.717, 1.165) is 4.90 Å². The van der Waals surface area contributed by atoms with Gasteiger partial charge in [0.2, 0.25) is 0 Å². The maximum Gasteiger partial charge on any atom is 0.333 e. The molecule has 5 heteroatoms. The van der Waals surface area contributed by atoms with Crippen molar-refractivity contribution in [2.45, 2.75) is 6.92 Å². The van der Waals surface area contributed by atoms with Gasteiger partial charge in [-0.1, -0.05) is 18.2 Å². The lowest BCUT2D eigenvalue weighted by Crippen LogP contribution is -2.30. The van der Waals surface area contributed by atoms with E-state index in [1.165, 1.54) is 13.2 Å². The molecule has 98 valence electrons. The maximum absolute atomic E-state index is 12.0. The molecule has 5 nitrogen and oxygen atoms in total. The molecule has 0 aliphatic carbocycles. The summed E-state index contributed by atoms with van der Waals surface area (Å²) in [6.45, 7) is 1.64. The van der Waals surface area contributed by atoms with Gasteiger partial charge in [-0.3, -0.25) is 14.5 Å². The summed E-state index contributed by atoms with van der Waals surface area (Å²) in [6, 6.07) is 6.66. The fourth-order valence-electron chi connectivity index (χ4n) is 1.88. The Morgan fingerprint density at radius 2 is 1.74 bits per heavy atom. The Bertz CT molecular complexity index is 554. The topological polar surface area (TPSA) is 63.7 Å². The monoisotopic (exact) mass is 259 g/mol. The molecular weight excluding hydrogens is 246 g/mol. The van der Waals surface area contributed by atoms with Gasteiger partial charge in [0.25, 0.3) is 11.8 Å². The van der Waals surface area contributed by atoms with Gasteiger partial charge in [-0.2, -0.15) is 0 Å². The average molecular weight is 259 g/mol. The summed E-state index contributed by atoms with van der Waals surface area (Å²) < 4.78 is 4.55. The second-order valence-electron chi connectivity index (χ2n) is 4.15. The number of imide groups is 1. The molecule has 1 aliphatic heterocycles. The Morgan fingerprint density at radius 3 is 2.21 bits per heavy atom. The number of fused-ring (bicyclic) bond motifs is 1. The van der Waals surface area contributed by atoms with Crippen LogP contribution in [0.1, 0.15) is 27.6 Å². The SMILES string of the molecule is COC(=O)/C(C)=C/CN1C(=O)c2ccccc2C1=O. The highest BCUT2D eigenvalue weighted by Crippen LogP contribution is 2.22. The number of nitrogens with zero attached hydrogens (tertiary/aromatic N) is 1. The molecule has 1 aliphatic rings. The van der Waals surface area contributed by atoms with Gasteiger partial charge in [-0.25, -0.2) is 4.79 Å². The summed E-state index contributed by atoms with van der Waals surface area (Å²) in [7, 11) is 1.28. The predicted octanol–water partition coefficient (Wildman–Crippen LogP) is 1.40. The molecule has 0 atom stereocenters. The third-order valence-corrected chi connectivity index (χ3v) is 2.97. The van der Waals surface area contributed by atoms with Crippen molar-refractivity contribution in [3.63, 3.8) is 0 Å². The second kappa shape index (κ2) is 5.06. The van der Waals surface area contributed by atoms with E-state index in [9.17, 15) is 14.4 Å². The molecule has 1 aromatic rings. The highest BCUT2D eigenvalue weighted by molar-refractivity contribution is 6.21. The van der Waals surface area contributed by atoms with Crippen molar-refractivity contribution in [2.75, 3.05) is 13.7 Å². The number of hydrogen-bond donors (Lipinski definition) is 0. The van der Waals surface area contributed by atoms with E-state index in [0.29, 0.717) is 16.7 Å². The number of ether oxygens (including phenoxy) is 1. The van der Waals surface area contributed by atoms with E-state index in [1.807, 2.05) is 0 Å².